The van der Waals surface area contributed by atoms with Crippen molar-refractivity contribution in [1.82, 2.24) is 5.32 Å². The van der Waals surface area contributed by atoms with Crippen LogP contribution in [0.25, 0.3) is 0 Å². The molecule has 0 aliphatic heterocycles. The van der Waals surface area contributed by atoms with E-state index in [0.29, 0.717) is 6.54 Å². The fourth-order valence-electron chi connectivity index (χ4n) is 1.72. The summed E-state index contributed by atoms with van der Waals surface area (Å²) in [5.41, 5.74) is 0.252. The van der Waals surface area contributed by atoms with Gasteiger partial charge in [-0.15, -0.1) is 0 Å². The molecule has 0 bridgehead atoms. The number of halogens is 1. The summed E-state index contributed by atoms with van der Waals surface area (Å²) in [5.74, 6) is -0.875. The highest BCUT2D eigenvalue weighted by molar-refractivity contribution is 7.92. The molecule has 0 aromatic heterocycles. The minimum Gasteiger partial charge on any atom is -0.355 e. The molecule has 1 aromatic carbocycles. The second-order valence-corrected chi connectivity index (χ2v) is 5.97. The number of benzene rings is 1. The van der Waals surface area contributed by atoms with E-state index in [9.17, 15) is 17.6 Å². The smallest absolute Gasteiger partial charge is 0.243 e. The van der Waals surface area contributed by atoms with Crippen LogP contribution in [0.3, 0.4) is 0 Å². The molecule has 1 atom stereocenters. The van der Waals surface area contributed by atoms with Gasteiger partial charge in [0.15, 0.2) is 0 Å². The summed E-state index contributed by atoms with van der Waals surface area (Å²) in [7, 11) is -3.64. The molecule has 7 heteroatoms. The van der Waals surface area contributed by atoms with E-state index in [0.717, 1.165) is 22.7 Å². The third kappa shape index (κ3) is 3.92. The van der Waals surface area contributed by atoms with Gasteiger partial charge < -0.3 is 5.32 Å². The van der Waals surface area contributed by atoms with Gasteiger partial charge in [-0.2, -0.15) is 0 Å². The fraction of sp³-hybridized carbons (Fsp3) is 0.417. The molecule has 1 unspecified atom stereocenters. The lowest BCUT2D eigenvalue weighted by Gasteiger charge is -2.28. The molecule has 0 heterocycles. The summed E-state index contributed by atoms with van der Waals surface area (Å²) < 4.78 is 37.5. The Kier molecular flexibility index (Phi) is 4.88. The first kappa shape index (κ1) is 15.4. The van der Waals surface area contributed by atoms with E-state index >= 15 is 0 Å². The normalized spacial score (nSPS) is 12.8. The summed E-state index contributed by atoms with van der Waals surface area (Å²) in [6.45, 7) is 3.63. The predicted molar refractivity (Wildman–Crippen MR) is 71.9 cm³/mol. The van der Waals surface area contributed by atoms with Crippen molar-refractivity contribution in [2.75, 3.05) is 17.1 Å². The van der Waals surface area contributed by atoms with E-state index in [1.807, 2.05) is 0 Å². The zero-order chi connectivity index (χ0) is 14.6. The second-order valence-electron chi connectivity index (χ2n) is 4.11. The van der Waals surface area contributed by atoms with Crippen LogP contribution in [0.15, 0.2) is 24.3 Å². The van der Waals surface area contributed by atoms with E-state index in [1.54, 1.807) is 6.92 Å². The largest absolute Gasteiger partial charge is 0.355 e. The molecular formula is C12H17FN2O3S. The SMILES string of the molecule is CCNC(=O)C(C)N(c1ccc(F)cc1)S(C)(=O)=O. The number of nitrogens with one attached hydrogen (secondary N) is 1. The van der Waals surface area contributed by atoms with Gasteiger partial charge in [-0.1, -0.05) is 0 Å². The van der Waals surface area contributed by atoms with E-state index in [4.69, 9.17) is 0 Å². The Bertz CT molecular complexity index is 543. The molecule has 19 heavy (non-hydrogen) atoms. The van der Waals surface area contributed by atoms with Gasteiger partial charge in [0, 0.05) is 6.54 Å². The standard InChI is InChI=1S/C12H17FN2O3S/c1-4-14-12(16)9(2)15(19(3,17)18)11-7-5-10(13)6-8-11/h5-9H,4H2,1-3H3,(H,14,16). The molecule has 0 saturated heterocycles. The minimum absolute atomic E-state index is 0.252. The van der Waals surface area contributed by atoms with E-state index < -0.39 is 27.8 Å². The van der Waals surface area contributed by atoms with Crippen LogP contribution in [0.5, 0.6) is 0 Å². The van der Waals surface area contributed by atoms with Crippen molar-refractivity contribution in [3.63, 3.8) is 0 Å². The van der Waals surface area contributed by atoms with Crippen LogP contribution in [0, 0.1) is 5.82 Å². The van der Waals surface area contributed by atoms with Gasteiger partial charge in [0.25, 0.3) is 0 Å². The molecule has 1 aromatic rings. The Morgan fingerprint density at radius 3 is 2.32 bits per heavy atom. The van der Waals surface area contributed by atoms with Gasteiger partial charge >= 0.3 is 0 Å². The third-order valence-electron chi connectivity index (χ3n) is 2.52. The highest BCUT2D eigenvalue weighted by Gasteiger charge is 2.28. The molecule has 0 spiro atoms. The molecule has 0 aliphatic rings. The van der Waals surface area contributed by atoms with Gasteiger partial charge in [-0.25, -0.2) is 12.8 Å². The number of amides is 1. The maximum atomic E-state index is 12.9. The zero-order valence-electron chi connectivity index (χ0n) is 11.1. The Morgan fingerprint density at radius 1 is 1.37 bits per heavy atom. The molecule has 0 saturated carbocycles. The van der Waals surface area contributed by atoms with Crippen molar-refractivity contribution in [3.8, 4) is 0 Å². The highest BCUT2D eigenvalue weighted by Crippen LogP contribution is 2.21. The predicted octanol–water partition coefficient (Wildman–Crippen LogP) is 1.12. The van der Waals surface area contributed by atoms with Gasteiger partial charge in [0.1, 0.15) is 11.9 Å². The van der Waals surface area contributed by atoms with Gasteiger partial charge in [0.2, 0.25) is 15.9 Å². The lowest BCUT2D eigenvalue weighted by atomic mass is 10.2. The number of rotatable bonds is 5. The number of carbonyl (C=O) groups is 1. The molecule has 5 nitrogen and oxygen atoms in total. The molecular weight excluding hydrogens is 271 g/mol. The zero-order valence-corrected chi connectivity index (χ0v) is 11.9. The monoisotopic (exact) mass is 288 g/mol. The van der Waals surface area contributed by atoms with E-state index in [2.05, 4.69) is 5.32 Å². The van der Waals surface area contributed by atoms with Crippen LogP contribution in [-0.4, -0.2) is 33.2 Å². The van der Waals surface area contributed by atoms with Crippen LogP contribution in [0.1, 0.15) is 13.8 Å². The maximum Gasteiger partial charge on any atom is 0.243 e. The molecule has 0 aliphatic carbocycles. The summed E-state index contributed by atoms with van der Waals surface area (Å²) >= 11 is 0. The lowest BCUT2D eigenvalue weighted by molar-refractivity contribution is -0.121. The van der Waals surface area contributed by atoms with Crippen LogP contribution < -0.4 is 9.62 Å². The number of carbonyl (C=O) groups excluding carboxylic acids is 1. The molecule has 1 rings (SSSR count). The number of nitrogens with zero attached hydrogens (tertiary/aromatic N) is 1. The van der Waals surface area contributed by atoms with Crippen LogP contribution in [0.2, 0.25) is 0 Å². The average molecular weight is 288 g/mol. The summed E-state index contributed by atoms with van der Waals surface area (Å²) in [6.07, 6.45) is 1.01. The Hall–Kier alpha value is -1.63. The highest BCUT2D eigenvalue weighted by atomic mass is 32.2. The molecule has 106 valence electrons. The van der Waals surface area contributed by atoms with Crippen LogP contribution in [-0.2, 0) is 14.8 Å². The summed E-state index contributed by atoms with van der Waals surface area (Å²) in [4.78, 5) is 11.8. The molecule has 0 radical (unpaired) electrons. The number of anilines is 1. The van der Waals surface area contributed by atoms with Gasteiger partial charge in [-0.05, 0) is 38.1 Å². The molecule has 0 fully saturated rings. The van der Waals surface area contributed by atoms with Crippen LogP contribution in [0.4, 0.5) is 10.1 Å². The van der Waals surface area contributed by atoms with E-state index in [-0.39, 0.29) is 5.69 Å². The van der Waals surface area contributed by atoms with Crippen molar-refractivity contribution in [2.24, 2.45) is 0 Å². The first-order chi connectivity index (χ1) is 8.77. The number of hydrogen-bond donors (Lipinski definition) is 1. The Balaban J connectivity index is 3.16. The second kappa shape index (κ2) is 6.01. The van der Waals surface area contributed by atoms with Crippen molar-refractivity contribution >= 4 is 21.6 Å². The minimum atomic E-state index is -3.64. The number of sulfonamides is 1. The van der Waals surface area contributed by atoms with E-state index in [1.165, 1.54) is 19.1 Å². The van der Waals surface area contributed by atoms with Crippen molar-refractivity contribution in [2.45, 2.75) is 19.9 Å². The topological polar surface area (TPSA) is 66.5 Å². The Labute approximate surface area is 112 Å². The number of hydrogen-bond acceptors (Lipinski definition) is 3. The quantitative estimate of drug-likeness (QED) is 0.883. The number of likely N-dealkylation sites (N-methyl/N-ethyl adjacent to an activating group) is 1. The fourth-order valence-corrected chi connectivity index (χ4v) is 2.89. The van der Waals surface area contributed by atoms with Crippen LogP contribution >= 0.6 is 0 Å². The van der Waals surface area contributed by atoms with Crippen molar-refractivity contribution < 1.29 is 17.6 Å². The third-order valence-corrected chi connectivity index (χ3v) is 3.76. The van der Waals surface area contributed by atoms with Gasteiger partial charge in [-0.3, -0.25) is 9.10 Å². The van der Waals surface area contributed by atoms with Crippen molar-refractivity contribution in [1.29, 1.82) is 0 Å². The summed E-state index contributed by atoms with van der Waals surface area (Å²) in [6, 6.07) is 4.05. The lowest BCUT2D eigenvalue weighted by Crippen LogP contribution is -2.47. The first-order valence-corrected chi connectivity index (χ1v) is 7.65. The van der Waals surface area contributed by atoms with Gasteiger partial charge in [0.05, 0.1) is 11.9 Å². The first-order valence-electron chi connectivity index (χ1n) is 5.80. The maximum absolute atomic E-state index is 12.9. The van der Waals surface area contributed by atoms with Crippen molar-refractivity contribution in [3.05, 3.63) is 30.1 Å². The summed E-state index contributed by atoms with van der Waals surface area (Å²) in [5, 5.41) is 2.56. The molecule has 1 amide bonds. The Morgan fingerprint density at radius 2 is 1.89 bits per heavy atom. The average Bonchev–Trinajstić information content (AvgIpc) is 2.30. The molecule has 1 N–H and O–H groups in total.